The normalized spacial score (nSPS) is 15.5. The van der Waals surface area contributed by atoms with Crippen LogP contribution in [0, 0.1) is 6.92 Å². The Balaban J connectivity index is 0.000000365. The Hall–Kier alpha value is -1.74. The number of hydrogen-bond acceptors (Lipinski definition) is 3. The van der Waals surface area contributed by atoms with Crippen LogP contribution in [-0.4, -0.2) is 16.7 Å². The van der Waals surface area contributed by atoms with E-state index in [1.54, 1.807) is 18.2 Å². The van der Waals surface area contributed by atoms with Gasteiger partial charge in [-0.05, 0) is 59.2 Å². The summed E-state index contributed by atoms with van der Waals surface area (Å²) in [5.41, 5.74) is 2.62. The average Bonchev–Trinajstić information content (AvgIpc) is 2.41. The Morgan fingerprint density at radius 1 is 1.30 bits per heavy atom. The van der Waals surface area contributed by atoms with E-state index in [4.69, 9.17) is 21.4 Å². The molecule has 23 heavy (non-hydrogen) atoms. The molecule has 2 rings (SSSR count). The van der Waals surface area contributed by atoms with Gasteiger partial charge in [-0.3, -0.25) is 0 Å². The van der Waals surface area contributed by atoms with Crippen LogP contribution >= 0.6 is 11.6 Å². The standard InChI is InChI=1S/C9H14O2.C7H7ClO.C3H6/c1-6-5-9(3,4)11-8(10)7(6)2;1-5-2-3-6(8)7(9)4-5;1-3-2/h5H2,1-4H3;2-4,9H,1H3;3H,1H2,2H3. The van der Waals surface area contributed by atoms with Gasteiger partial charge in [0.2, 0.25) is 0 Å². The highest BCUT2D eigenvalue weighted by molar-refractivity contribution is 6.31. The molecular formula is C19H27ClO3. The van der Waals surface area contributed by atoms with Crippen molar-refractivity contribution in [1.82, 2.24) is 0 Å². The lowest BCUT2D eigenvalue weighted by molar-refractivity contribution is -0.153. The second-order valence-corrected chi connectivity index (χ2v) is 6.50. The van der Waals surface area contributed by atoms with Crippen molar-refractivity contribution in [2.24, 2.45) is 0 Å². The van der Waals surface area contributed by atoms with Crippen LogP contribution in [0.1, 0.15) is 46.6 Å². The predicted molar refractivity (Wildman–Crippen MR) is 96.9 cm³/mol. The Morgan fingerprint density at radius 2 is 1.83 bits per heavy atom. The number of cyclic esters (lactones) is 1. The molecule has 1 aliphatic heterocycles. The molecular weight excluding hydrogens is 312 g/mol. The third-order valence-corrected chi connectivity index (χ3v) is 3.43. The summed E-state index contributed by atoms with van der Waals surface area (Å²) >= 11 is 5.53. The third kappa shape index (κ3) is 7.89. The molecule has 1 heterocycles. The van der Waals surface area contributed by atoms with Gasteiger partial charge >= 0.3 is 5.97 Å². The van der Waals surface area contributed by atoms with E-state index in [-0.39, 0.29) is 17.3 Å². The molecule has 1 aromatic carbocycles. The molecule has 4 heteroatoms. The summed E-state index contributed by atoms with van der Waals surface area (Å²) in [5, 5.41) is 9.37. The molecule has 0 bridgehead atoms. The van der Waals surface area contributed by atoms with Gasteiger partial charge in [-0.2, -0.15) is 0 Å². The van der Waals surface area contributed by atoms with E-state index in [0.29, 0.717) is 5.02 Å². The molecule has 0 saturated heterocycles. The molecule has 0 radical (unpaired) electrons. The van der Waals surface area contributed by atoms with E-state index in [1.807, 2.05) is 47.6 Å². The number of hydrogen-bond donors (Lipinski definition) is 1. The van der Waals surface area contributed by atoms with Crippen LogP contribution in [0.4, 0.5) is 0 Å². The van der Waals surface area contributed by atoms with Crippen LogP contribution in [0.2, 0.25) is 5.02 Å². The molecule has 3 nitrogen and oxygen atoms in total. The molecule has 0 saturated carbocycles. The van der Waals surface area contributed by atoms with Crippen LogP contribution in [0.15, 0.2) is 42.0 Å². The zero-order valence-electron chi connectivity index (χ0n) is 14.9. The van der Waals surface area contributed by atoms with Crippen molar-refractivity contribution >= 4 is 17.6 Å². The fraction of sp³-hybridized carbons (Fsp3) is 0.421. The predicted octanol–water partition coefficient (Wildman–Crippen LogP) is 5.59. The van der Waals surface area contributed by atoms with Gasteiger partial charge in [0, 0.05) is 12.0 Å². The van der Waals surface area contributed by atoms with Gasteiger partial charge in [-0.1, -0.05) is 29.3 Å². The number of ether oxygens (including phenoxy) is 1. The number of phenolic OH excluding ortho intramolecular Hbond substituents is 1. The monoisotopic (exact) mass is 338 g/mol. The largest absolute Gasteiger partial charge is 0.506 e. The zero-order valence-corrected chi connectivity index (χ0v) is 15.6. The summed E-state index contributed by atoms with van der Waals surface area (Å²) in [7, 11) is 0. The molecule has 0 spiro atoms. The molecule has 0 aliphatic carbocycles. The molecule has 128 valence electrons. The molecule has 0 aromatic heterocycles. The Labute approximate surface area is 144 Å². The van der Waals surface area contributed by atoms with Crippen LogP contribution in [0.25, 0.3) is 0 Å². The van der Waals surface area contributed by atoms with Crippen molar-refractivity contribution in [3.63, 3.8) is 0 Å². The second kappa shape index (κ2) is 9.41. The first-order chi connectivity index (χ1) is 10.5. The number of esters is 1. The maximum atomic E-state index is 11.1. The second-order valence-electron chi connectivity index (χ2n) is 6.09. The van der Waals surface area contributed by atoms with Gasteiger partial charge < -0.3 is 9.84 Å². The van der Waals surface area contributed by atoms with Crippen molar-refractivity contribution in [3.05, 3.63) is 52.6 Å². The van der Waals surface area contributed by atoms with E-state index in [2.05, 4.69) is 6.58 Å². The fourth-order valence-electron chi connectivity index (χ4n) is 1.93. The van der Waals surface area contributed by atoms with E-state index in [9.17, 15) is 4.79 Å². The number of carbonyl (C=O) groups excluding carboxylic acids is 1. The number of phenols is 1. The number of benzene rings is 1. The maximum absolute atomic E-state index is 11.1. The average molecular weight is 339 g/mol. The van der Waals surface area contributed by atoms with E-state index >= 15 is 0 Å². The van der Waals surface area contributed by atoms with Crippen molar-refractivity contribution < 1.29 is 14.6 Å². The Bertz CT molecular complexity index is 586. The van der Waals surface area contributed by atoms with Gasteiger partial charge in [-0.25, -0.2) is 4.79 Å². The van der Waals surface area contributed by atoms with Gasteiger partial charge in [0.1, 0.15) is 11.4 Å². The van der Waals surface area contributed by atoms with Crippen LogP contribution in [0.5, 0.6) is 5.75 Å². The number of allylic oxidation sites excluding steroid dienone is 1. The smallest absolute Gasteiger partial charge is 0.334 e. The molecule has 0 fully saturated rings. The Morgan fingerprint density at radius 3 is 2.22 bits per heavy atom. The summed E-state index contributed by atoms with van der Waals surface area (Å²) in [6.07, 6.45) is 2.60. The summed E-state index contributed by atoms with van der Waals surface area (Å²) < 4.78 is 5.16. The summed E-state index contributed by atoms with van der Waals surface area (Å²) in [6, 6.07) is 5.15. The molecule has 0 atom stereocenters. The highest BCUT2D eigenvalue weighted by Crippen LogP contribution is 2.28. The van der Waals surface area contributed by atoms with E-state index < -0.39 is 0 Å². The van der Waals surface area contributed by atoms with Crippen molar-refractivity contribution in [2.75, 3.05) is 0 Å². The Kier molecular flexibility index (Phi) is 8.70. The van der Waals surface area contributed by atoms with E-state index in [1.165, 1.54) is 0 Å². The molecule has 1 N–H and O–H groups in total. The van der Waals surface area contributed by atoms with Crippen LogP contribution < -0.4 is 0 Å². The number of halogens is 1. The first-order valence-corrected chi connectivity index (χ1v) is 7.83. The summed E-state index contributed by atoms with van der Waals surface area (Å²) in [6.45, 7) is 14.8. The van der Waals surface area contributed by atoms with Gasteiger partial charge in [-0.15, -0.1) is 6.58 Å². The highest BCUT2D eigenvalue weighted by atomic mass is 35.5. The fourth-order valence-corrected chi connectivity index (χ4v) is 2.05. The van der Waals surface area contributed by atoms with Gasteiger partial charge in [0.25, 0.3) is 0 Å². The number of aromatic hydroxyl groups is 1. The topological polar surface area (TPSA) is 46.5 Å². The van der Waals surface area contributed by atoms with Crippen LogP contribution in [-0.2, 0) is 9.53 Å². The number of aryl methyl sites for hydroxylation is 1. The quantitative estimate of drug-likeness (QED) is 0.495. The van der Waals surface area contributed by atoms with Crippen molar-refractivity contribution in [3.8, 4) is 5.75 Å². The summed E-state index contributed by atoms with van der Waals surface area (Å²) in [5.74, 6) is -0.0181. The van der Waals surface area contributed by atoms with Gasteiger partial charge in [0.15, 0.2) is 0 Å². The molecule has 0 unspecified atom stereocenters. The number of carbonyl (C=O) groups is 1. The molecule has 1 aromatic rings. The number of rotatable bonds is 0. The highest BCUT2D eigenvalue weighted by Gasteiger charge is 2.30. The van der Waals surface area contributed by atoms with E-state index in [0.717, 1.165) is 23.1 Å². The minimum atomic E-state index is -0.305. The lowest BCUT2D eigenvalue weighted by Gasteiger charge is -2.30. The van der Waals surface area contributed by atoms with Crippen LogP contribution in [0.3, 0.4) is 0 Å². The minimum absolute atomic E-state index is 0.150. The lowest BCUT2D eigenvalue weighted by atomic mass is 9.93. The van der Waals surface area contributed by atoms with Crippen molar-refractivity contribution in [1.29, 1.82) is 0 Å². The first kappa shape index (κ1) is 21.3. The first-order valence-electron chi connectivity index (χ1n) is 7.46. The minimum Gasteiger partial charge on any atom is -0.506 e. The molecule has 1 aliphatic rings. The zero-order chi connectivity index (χ0) is 18.2. The van der Waals surface area contributed by atoms with Gasteiger partial charge in [0.05, 0.1) is 5.02 Å². The SMILES string of the molecule is C=CC.CC1=C(C)C(=O)OC(C)(C)C1.Cc1ccc(Cl)c(O)c1. The summed E-state index contributed by atoms with van der Waals surface area (Å²) in [4.78, 5) is 11.1. The maximum Gasteiger partial charge on any atom is 0.334 e. The third-order valence-electron chi connectivity index (χ3n) is 3.11. The lowest BCUT2D eigenvalue weighted by Crippen LogP contribution is -2.33. The molecule has 0 amide bonds. The van der Waals surface area contributed by atoms with Crippen molar-refractivity contribution in [2.45, 2.75) is 53.6 Å².